The fourth-order valence-corrected chi connectivity index (χ4v) is 2.05. The summed E-state index contributed by atoms with van der Waals surface area (Å²) in [5, 5.41) is 0. The summed E-state index contributed by atoms with van der Waals surface area (Å²) in [6.45, 7) is 0.269. The number of halogens is 1. The van der Waals surface area contributed by atoms with Gasteiger partial charge in [-0.2, -0.15) is 0 Å². The van der Waals surface area contributed by atoms with Gasteiger partial charge in [0.15, 0.2) is 11.1 Å². The Bertz CT molecular complexity index is 497. The Morgan fingerprint density at radius 3 is 2.29 bits per heavy atom. The van der Waals surface area contributed by atoms with E-state index in [4.69, 9.17) is 4.18 Å². The van der Waals surface area contributed by atoms with Crippen LogP contribution in [0, 0.1) is 5.82 Å². The zero-order valence-corrected chi connectivity index (χ0v) is 9.82. The minimum atomic E-state index is -1.56. The molecule has 0 spiro atoms. The Morgan fingerprint density at radius 2 is 1.65 bits per heavy atom. The molecule has 0 amide bonds. The average Bonchev–Trinajstić information content (AvgIpc) is 2.38. The van der Waals surface area contributed by atoms with E-state index in [0.717, 1.165) is 5.56 Å². The van der Waals surface area contributed by atoms with Crippen LogP contribution in [-0.2, 0) is 21.9 Å². The van der Waals surface area contributed by atoms with Crippen LogP contribution in [0.4, 0.5) is 4.39 Å². The topological polar surface area (TPSA) is 26.3 Å². The van der Waals surface area contributed by atoms with Gasteiger partial charge in [-0.05, 0) is 29.8 Å². The van der Waals surface area contributed by atoms with E-state index in [1.54, 1.807) is 0 Å². The molecule has 0 fully saturated rings. The van der Waals surface area contributed by atoms with Gasteiger partial charge in [-0.3, -0.25) is 4.18 Å². The van der Waals surface area contributed by atoms with E-state index in [9.17, 15) is 8.60 Å². The molecule has 0 aliphatic heterocycles. The number of rotatable bonds is 4. The van der Waals surface area contributed by atoms with Crippen molar-refractivity contribution in [3.05, 3.63) is 66.0 Å². The van der Waals surface area contributed by atoms with E-state index in [0.29, 0.717) is 4.90 Å². The van der Waals surface area contributed by atoms with E-state index in [2.05, 4.69) is 0 Å². The molecule has 2 aromatic rings. The van der Waals surface area contributed by atoms with Gasteiger partial charge >= 0.3 is 0 Å². The van der Waals surface area contributed by atoms with Gasteiger partial charge in [-0.1, -0.05) is 30.3 Å². The van der Waals surface area contributed by atoms with E-state index >= 15 is 0 Å². The van der Waals surface area contributed by atoms with Crippen molar-refractivity contribution in [1.82, 2.24) is 0 Å². The molecule has 0 radical (unpaired) electrons. The van der Waals surface area contributed by atoms with Gasteiger partial charge in [0.05, 0.1) is 11.5 Å². The van der Waals surface area contributed by atoms with Crippen molar-refractivity contribution >= 4 is 11.1 Å². The highest BCUT2D eigenvalue weighted by Gasteiger charge is 2.04. The highest BCUT2D eigenvalue weighted by molar-refractivity contribution is 7.80. The van der Waals surface area contributed by atoms with Crippen molar-refractivity contribution in [2.75, 3.05) is 0 Å². The first-order chi connectivity index (χ1) is 8.25. The van der Waals surface area contributed by atoms with Crippen LogP contribution in [0.1, 0.15) is 5.56 Å². The molecule has 0 aliphatic rings. The Hall–Kier alpha value is -1.52. The molecule has 4 heteroatoms. The minimum absolute atomic E-state index is 0.269. The van der Waals surface area contributed by atoms with Crippen LogP contribution in [0.25, 0.3) is 0 Å². The van der Waals surface area contributed by atoms with E-state index in [-0.39, 0.29) is 12.4 Å². The van der Waals surface area contributed by atoms with Gasteiger partial charge in [0.25, 0.3) is 0 Å². The highest BCUT2D eigenvalue weighted by atomic mass is 32.2. The van der Waals surface area contributed by atoms with Gasteiger partial charge < -0.3 is 0 Å². The molecule has 17 heavy (non-hydrogen) atoms. The third-order valence-electron chi connectivity index (χ3n) is 2.18. The zero-order valence-electron chi connectivity index (χ0n) is 9.01. The largest absolute Gasteiger partial charge is 0.282 e. The maximum atomic E-state index is 12.7. The van der Waals surface area contributed by atoms with Gasteiger partial charge in [0, 0.05) is 0 Å². The molecular weight excluding hydrogens is 239 g/mol. The van der Waals surface area contributed by atoms with E-state index in [1.165, 1.54) is 24.3 Å². The number of hydrogen-bond acceptors (Lipinski definition) is 2. The van der Waals surface area contributed by atoms with E-state index in [1.807, 2.05) is 30.3 Å². The lowest BCUT2D eigenvalue weighted by Crippen LogP contribution is -1.98. The number of benzene rings is 2. The van der Waals surface area contributed by atoms with Crippen molar-refractivity contribution in [2.45, 2.75) is 11.5 Å². The highest BCUT2D eigenvalue weighted by Crippen LogP contribution is 2.11. The summed E-state index contributed by atoms with van der Waals surface area (Å²) >= 11 is -1.56. The summed E-state index contributed by atoms with van der Waals surface area (Å²) in [4.78, 5) is 0.460. The monoisotopic (exact) mass is 250 g/mol. The second kappa shape index (κ2) is 5.70. The summed E-state index contributed by atoms with van der Waals surface area (Å²) < 4.78 is 29.6. The summed E-state index contributed by atoms with van der Waals surface area (Å²) in [6.07, 6.45) is 0. The van der Waals surface area contributed by atoms with Crippen LogP contribution in [0.5, 0.6) is 0 Å². The second-order valence-corrected chi connectivity index (χ2v) is 4.61. The maximum Gasteiger partial charge on any atom is 0.189 e. The fourth-order valence-electron chi connectivity index (χ4n) is 1.31. The second-order valence-electron chi connectivity index (χ2n) is 3.44. The van der Waals surface area contributed by atoms with Crippen LogP contribution in [0.15, 0.2) is 59.5 Å². The molecule has 88 valence electrons. The molecule has 2 nitrogen and oxygen atoms in total. The Kier molecular flexibility index (Phi) is 4.01. The molecule has 1 atom stereocenters. The Balaban J connectivity index is 1.96. The molecular formula is C13H11FO2S. The van der Waals surface area contributed by atoms with Crippen LogP contribution < -0.4 is 0 Å². The standard InChI is InChI=1S/C13H11FO2S/c14-12-6-8-13(9-7-12)17(15)16-10-11-4-2-1-3-5-11/h1-9H,10H2. The van der Waals surface area contributed by atoms with Crippen LogP contribution in [0.3, 0.4) is 0 Å². The predicted octanol–water partition coefficient (Wildman–Crippen LogP) is 3.07. The zero-order chi connectivity index (χ0) is 12.1. The summed E-state index contributed by atoms with van der Waals surface area (Å²) in [5.74, 6) is -0.353. The third-order valence-corrected chi connectivity index (χ3v) is 3.17. The molecule has 0 heterocycles. The Morgan fingerprint density at radius 1 is 1.00 bits per heavy atom. The molecule has 1 unspecified atom stereocenters. The minimum Gasteiger partial charge on any atom is -0.282 e. The van der Waals surface area contributed by atoms with Crippen molar-refractivity contribution < 1.29 is 12.8 Å². The van der Waals surface area contributed by atoms with Crippen LogP contribution in [-0.4, -0.2) is 4.21 Å². The molecule has 0 bridgehead atoms. The molecule has 2 rings (SSSR count). The molecule has 0 saturated heterocycles. The average molecular weight is 250 g/mol. The SMILES string of the molecule is O=S(OCc1ccccc1)c1ccc(F)cc1. The smallest absolute Gasteiger partial charge is 0.189 e. The molecule has 0 N–H and O–H groups in total. The maximum absolute atomic E-state index is 12.7. The first-order valence-electron chi connectivity index (χ1n) is 5.10. The predicted molar refractivity (Wildman–Crippen MR) is 64.0 cm³/mol. The lowest BCUT2D eigenvalue weighted by Gasteiger charge is -2.03. The normalized spacial score (nSPS) is 12.3. The number of hydrogen-bond donors (Lipinski definition) is 0. The first kappa shape index (κ1) is 12.0. The van der Waals surface area contributed by atoms with Crippen LogP contribution >= 0.6 is 0 Å². The Labute approximate surface area is 102 Å². The van der Waals surface area contributed by atoms with Gasteiger partial charge in [0.2, 0.25) is 0 Å². The van der Waals surface area contributed by atoms with Crippen molar-refractivity contribution in [2.24, 2.45) is 0 Å². The van der Waals surface area contributed by atoms with Crippen molar-refractivity contribution in [3.8, 4) is 0 Å². The van der Waals surface area contributed by atoms with Crippen LogP contribution in [0.2, 0.25) is 0 Å². The molecule has 2 aromatic carbocycles. The lowest BCUT2D eigenvalue weighted by molar-refractivity contribution is 0.337. The van der Waals surface area contributed by atoms with Crippen molar-refractivity contribution in [1.29, 1.82) is 0 Å². The summed E-state index contributed by atoms with van der Waals surface area (Å²) in [7, 11) is 0. The van der Waals surface area contributed by atoms with Gasteiger partial charge in [0.1, 0.15) is 5.82 Å². The lowest BCUT2D eigenvalue weighted by atomic mass is 10.2. The molecule has 0 aliphatic carbocycles. The fraction of sp³-hybridized carbons (Fsp3) is 0.0769. The quantitative estimate of drug-likeness (QED) is 0.833. The molecule has 0 aromatic heterocycles. The first-order valence-corrected chi connectivity index (χ1v) is 6.18. The van der Waals surface area contributed by atoms with E-state index < -0.39 is 11.1 Å². The van der Waals surface area contributed by atoms with Gasteiger partial charge in [-0.25, -0.2) is 8.60 Å². The van der Waals surface area contributed by atoms with Gasteiger partial charge in [-0.15, -0.1) is 0 Å². The third kappa shape index (κ3) is 3.47. The summed E-state index contributed by atoms with van der Waals surface area (Å²) in [6, 6.07) is 14.9. The summed E-state index contributed by atoms with van der Waals surface area (Å²) in [5.41, 5.74) is 0.947. The van der Waals surface area contributed by atoms with Crippen molar-refractivity contribution in [3.63, 3.8) is 0 Å². The molecule has 0 saturated carbocycles.